The van der Waals surface area contributed by atoms with Gasteiger partial charge in [-0.2, -0.15) is 0 Å². The Hall–Kier alpha value is -1.13. The smallest absolute Gasteiger partial charge is 0.314 e. The third-order valence-corrected chi connectivity index (χ3v) is 4.29. The maximum absolute atomic E-state index is 10.9. The van der Waals surface area contributed by atoms with Crippen molar-refractivity contribution < 1.29 is 54.8 Å². The minimum atomic E-state index is -1.75. The summed E-state index contributed by atoms with van der Waals surface area (Å²) < 4.78 is 15.7. The first kappa shape index (κ1) is 21.2. The lowest BCUT2D eigenvalue weighted by Gasteiger charge is -2.46. The molecule has 2 saturated heterocycles. The van der Waals surface area contributed by atoms with Gasteiger partial charge in [-0.25, -0.2) is 4.79 Å². The molecule has 10 atom stereocenters. The largest absolute Gasteiger partial charge is 0.394 e. The van der Waals surface area contributed by atoms with Gasteiger partial charge in [0, 0.05) is 0 Å². The van der Waals surface area contributed by atoms with Crippen LogP contribution in [0.4, 0.5) is 4.79 Å². The Morgan fingerprint density at radius 2 is 1.50 bits per heavy atom. The van der Waals surface area contributed by atoms with Crippen LogP contribution in [0.5, 0.6) is 0 Å². The summed E-state index contributed by atoms with van der Waals surface area (Å²) in [7, 11) is 0. The van der Waals surface area contributed by atoms with E-state index in [4.69, 9.17) is 25.1 Å². The minimum Gasteiger partial charge on any atom is -0.394 e. The number of nitrogens with one attached hydrogen (secondary N) is 1. The van der Waals surface area contributed by atoms with Crippen molar-refractivity contribution in [2.24, 2.45) is 5.73 Å². The van der Waals surface area contributed by atoms with E-state index in [2.05, 4.69) is 0 Å². The fourth-order valence-corrected chi connectivity index (χ4v) is 2.85. The fourth-order valence-electron chi connectivity index (χ4n) is 2.85. The number of carbonyl (C=O) groups excluding carboxylic acids is 1. The number of ether oxygens (including phenoxy) is 3. The van der Waals surface area contributed by atoms with Gasteiger partial charge < -0.3 is 61.0 Å². The number of aliphatic hydroxyl groups is 7. The van der Waals surface area contributed by atoms with Gasteiger partial charge in [0.1, 0.15) is 48.8 Å². The van der Waals surface area contributed by atoms with E-state index in [1.165, 1.54) is 0 Å². The summed E-state index contributed by atoms with van der Waals surface area (Å²) in [5.41, 5.74) is 4.93. The first-order valence-corrected chi connectivity index (χ1v) is 7.85. The van der Waals surface area contributed by atoms with Gasteiger partial charge in [-0.15, -0.1) is 0 Å². The first-order chi connectivity index (χ1) is 12.2. The summed E-state index contributed by atoms with van der Waals surface area (Å²) in [6, 6.07) is -1.04. The molecule has 2 fully saturated rings. The number of hydrogen-bond acceptors (Lipinski definition) is 11. The number of carbonyl (C=O) groups is 1. The van der Waals surface area contributed by atoms with E-state index in [-0.39, 0.29) is 0 Å². The van der Waals surface area contributed by atoms with Gasteiger partial charge in [-0.1, -0.05) is 0 Å². The second kappa shape index (κ2) is 8.71. The zero-order chi connectivity index (χ0) is 19.6. The zero-order valence-corrected chi connectivity index (χ0v) is 13.5. The van der Waals surface area contributed by atoms with Gasteiger partial charge in [0.05, 0.1) is 13.2 Å². The molecule has 2 aliphatic rings. The number of rotatable bonds is 5. The molecular weight excluding hydrogens is 360 g/mol. The van der Waals surface area contributed by atoms with Crippen molar-refractivity contribution in [2.75, 3.05) is 13.2 Å². The fraction of sp³-hybridized carbons (Fsp3) is 0.923. The van der Waals surface area contributed by atoms with Gasteiger partial charge in [0.25, 0.3) is 0 Å². The van der Waals surface area contributed by atoms with E-state index < -0.39 is 80.6 Å². The molecule has 0 aromatic rings. The molecule has 2 aliphatic heterocycles. The second-order valence-electron chi connectivity index (χ2n) is 6.07. The summed E-state index contributed by atoms with van der Waals surface area (Å²) in [6.45, 7) is -1.39. The third kappa shape index (κ3) is 4.23. The molecule has 0 radical (unpaired) electrons. The summed E-state index contributed by atoms with van der Waals surface area (Å²) in [5, 5.41) is 70.3. The van der Waals surface area contributed by atoms with Crippen LogP contribution in [0, 0.1) is 0 Å². The highest BCUT2D eigenvalue weighted by Gasteiger charge is 2.50. The van der Waals surface area contributed by atoms with Gasteiger partial charge >= 0.3 is 6.03 Å². The van der Waals surface area contributed by atoms with Crippen molar-refractivity contribution in [3.63, 3.8) is 0 Å². The van der Waals surface area contributed by atoms with Gasteiger partial charge in [0.15, 0.2) is 12.5 Å². The second-order valence-corrected chi connectivity index (χ2v) is 6.07. The molecule has 0 aromatic carbocycles. The Morgan fingerprint density at radius 1 is 0.885 bits per heavy atom. The van der Waals surface area contributed by atoms with Crippen LogP contribution in [-0.2, 0) is 14.2 Å². The van der Waals surface area contributed by atoms with Crippen LogP contribution in [0.3, 0.4) is 0 Å². The highest BCUT2D eigenvalue weighted by Crippen LogP contribution is 2.28. The van der Waals surface area contributed by atoms with Gasteiger partial charge in [-0.3, -0.25) is 0 Å². The number of amides is 2. The quantitative estimate of drug-likeness (QED) is 0.217. The standard InChI is InChI=1S/C13H24N2O11/c14-13(23)15-11-8(21)7(20)10(4(2-17)24-11)26-12-9(22)6(19)5(18)3(1-16)25-12/h3-12,16-22H,1-2H2,(H3,14,15,23)/t3-,4-,5-,6+,7-,8-,9-,10-,11-,12+/m1/s1. The molecule has 0 bridgehead atoms. The molecule has 2 amide bonds. The average molecular weight is 384 g/mol. The number of primary amides is 1. The molecular formula is C13H24N2O11. The molecule has 0 saturated carbocycles. The Kier molecular flexibility index (Phi) is 7.09. The van der Waals surface area contributed by atoms with Crippen molar-refractivity contribution in [1.82, 2.24) is 5.32 Å². The lowest BCUT2D eigenvalue weighted by molar-refractivity contribution is -0.342. The maximum Gasteiger partial charge on any atom is 0.314 e. The summed E-state index contributed by atoms with van der Waals surface area (Å²) in [6.07, 6.45) is -15.5. The van der Waals surface area contributed by atoms with Crippen LogP contribution in [0.25, 0.3) is 0 Å². The SMILES string of the molecule is NC(=O)N[C@@H]1O[C@H](CO)[C@@H](O[C@@H]2O[C@H](CO)[C@@H](O)[C@H](O)[C@H]2O)[C@H](O)[C@H]1O. The van der Waals surface area contributed by atoms with E-state index >= 15 is 0 Å². The molecule has 0 unspecified atom stereocenters. The molecule has 0 spiro atoms. The molecule has 26 heavy (non-hydrogen) atoms. The molecule has 2 rings (SSSR count). The van der Waals surface area contributed by atoms with Crippen molar-refractivity contribution in [1.29, 1.82) is 0 Å². The van der Waals surface area contributed by atoms with E-state index in [1.807, 2.05) is 5.32 Å². The highest BCUT2D eigenvalue weighted by atomic mass is 16.7. The van der Waals surface area contributed by atoms with Crippen LogP contribution in [0.2, 0.25) is 0 Å². The normalized spacial score (nSPS) is 46.7. The Morgan fingerprint density at radius 3 is 2.04 bits per heavy atom. The highest BCUT2D eigenvalue weighted by molar-refractivity contribution is 5.71. The molecule has 13 heteroatoms. The molecule has 0 aliphatic carbocycles. The number of aliphatic hydroxyl groups excluding tert-OH is 7. The Bertz CT molecular complexity index is 479. The maximum atomic E-state index is 10.9. The molecule has 0 aromatic heterocycles. The average Bonchev–Trinajstić information content (AvgIpc) is 2.60. The number of nitrogens with two attached hydrogens (primary N) is 1. The van der Waals surface area contributed by atoms with Crippen molar-refractivity contribution in [3.8, 4) is 0 Å². The van der Waals surface area contributed by atoms with E-state index in [0.29, 0.717) is 0 Å². The number of urea groups is 1. The predicted molar refractivity (Wildman–Crippen MR) is 79.1 cm³/mol. The molecule has 2 heterocycles. The van der Waals surface area contributed by atoms with E-state index in [9.17, 15) is 35.4 Å². The van der Waals surface area contributed by atoms with Crippen molar-refractivity contribution in [3.05, 3.63) is 0 Å². The summed E-state index contributed by atoms with van der Waals surface area (Å²) in [5.74, 6) is 0. The Labute approximate surface area is 147 Å². The summed E-state index contributed by atoms with van der Waals surface area (Å²) in [4.78, 5) is 10.9. The van der Waals surface area contributed by atoms with Crippen LogP contribution < -0.4 is 11.1 Å². The zero-order valence-electron chi connectivity index (χ0n) is 13.5. The van der Waals surface area contributed by atoms with Gasteiger partial charge in [-0.05, 0) is 0 Å². The van der Waals surface area contributed by atoms with Gasteiger partial charge in [0.2, 0.25) is 0 Å². The van der Waals surface area contributed by atoms with Crippen molar-refractivity contribution in [2.45, 2.75) is 61.3 Å². The Balaban J connectivity index is 2.12. The minimum absolute atomic E-state index is 0.689. The lowest BCUT2D eigenvalue weighted by Crippen LogP contribution is -2.66. The lowest BCUT2D eigenvalue weighted by atomic mass is 9.96. The van der Waals surface area contributed by atoms with Crippen LogP contribution in [-0.4, -0.2) is 116 Å². The molecule has 10 N–H and O–H groups in total. The van der Waals surface area contributed by atoms with Crippen LogP contribution >= 0.6 is 0 Å². The van der Waals surface area contributed by atoms with Crippen LogP contribution in [0.15, 0.2) is 0 Å². The van der Waals surface area contributed by atoms with E-state index in [0.717, 1.165) is 0 Å². The molecule has 13 nitrogen and oxygen atoms in total. The number of hydrogen-bond donors (Lipinski definition) is 9. The first-order valence-electron chi connectivity index (χ1n) is 7.85. The van der Waals surface area contributed by atoms with E-state index in [1.54, 1.807) is 0 Å². The summed E-state index contributed by atoms with van der Waals surface area (Å²) >= 11 is 0. The predicted octanol–water partition coefficient (Wildman–Crippen LogP) is -5.72. The third-order valence-electron chi connectivity index (χ3n) is 4.29. The van der Waals surface area contributed by atoms with Crippen LogP contribution in [0.1, 0.15) is 0 Å². The monoisotopic (exact) mass is 384 g/mol. The topological polar surface area (TPSA) is 224 Å². The van der Waals surface area contributed by atoms with Crippen molar-refractivity contribution >= 4 is 6.03 Å². The molecule has 152 valence electrons.